The van der Waals surface area contributed by atoms with Gasteiger partial charge in [-0.25, -0.2) is 24.3 Å². The van der Waals surface area contributed by atoms with Gasteiger partial charge in [0.25, 0.3) is 0 Å². The fourth-order valence-corrected chi connectivity index (χ4v) is 0.940. The average molecular weight is 320 g/mol. The Balaban J connectivity index is -0.000000165. The van der Waals surface area contributed by atoms with E-state index in [9.17, 15) is 0 Å². The van der Waals surface area contributed by atoms with Crippen LogP contribution in [0.15, 0.2) is 36.4 Å². The Kier molecular flexibility index (Phi) is 17.0. The molecule has 0 aliphatic heterocycles. The fourth-order valence-electron chi connectivity index (χ4n) is 0.940. The van der Waals surface area contributed by atoms with E-state index < -0.39 is 0 Å². The SMILES string of the molecule is Cc1ccc[c-]1C.[C-]1=CC=CC1.[Cl-].[Cl-].[Zr+4]. The van der Waals surface area contributed by atoms with Crippen molar-refractivity contribution in [2.75, 3.05) is 0 Å². The van der Waals surface area contributed by atoms with Crippen LogP contribution in [0.5, 0.6) is 0 Å². The van der Waals surface area contributed by atoms with Crippen LogP contribution < -0.4 is 24.8 Å². The zero-order chi connectivity index (χ0) is 8.81. The summed E-state index contributed by atoms with van der Waals surface area (Å²) >= 11 is 0. The first-order chi connectivity index (χ1) is 5.80. The number of rotatable bonds is 0. The van der Waals surface area contributed by atoms with Crippen LogP contribution in [0.25, 0.3) is 0 Å². The summed E-state index contributed by atoms with van der Waals surface area (Å²) in [6, 6.07) is 6.31. The van der Waals surface area contributed by atoms with Crippen LogP contribution >= 0.6 is 0 Å². The zero-order valence-electron chi connectivity index (χ0n) is 8.93. The van der Waals surface area contributed by atoms with Gasteiger partial charge in [0.2, 0.25) is 0 Å². The predicted octanol–water partition coefficient (Wildman–Crippen LogP) is -2.67. The van der Waals surface area contributed by atoms with Crippen LogP contribution in [-0.2, 0) is 26.2 Å². The molecule has 1 aliphatic carbocycles. The van der Waals surface area contributed by atoms with E-state index >= 15 is 0 Å². The first kappa shape index (κ1) is 20.7. The molecule has 0 heterocycles. The largest absolute Gasteiger partial charge is 4.00 e. The van der Waals surface area contributed by atoms with Crippen LogP contribution in [-0.4, -0.2) is 0 Å². The summed E-state index contributed by atoms with van der Waals surface area (Å²) in [6.07, 6.45) is 10.0. The third-order valence-electron chi connectivity index (χ3n) is 1.90. The van der Waals surface area contributed by atoms with Crippen LogP contribution in [0.1, 0.15) is 17.5 Å². The maximum Gasteiger partial charge on any atom is 4.00 e. The minimum Gasteiger partial charge on any atom is -1.00 e. The van der Waals surface area contributed by atoms with Crippen molar-refractivity contribution in [3.05, 3.63) is 53.6 Å². The molecule has 3 heteroatoms. The Bertz CT molecular complexity index is 261. The predicted molar refractivity (Wildman–Crippen MR) is 53.1 cm³/mol. The number of halogens is 2. The third-order valence-corrected chi connectivity index (χ3v) is 1.90. The molecule has 80 valence electrons. The number of aryl methyl sites for hydroxylation is 2. The Labute approximate surface area is 124 Å². The molecular formula is C12H14Cl2Zr. The van der Waals surface area contributed by atoms with Gasteiger partial charge in [-0.05, 0) is 0 Å². The van der Waals surface area contributed by atoms with Crippen molar-refractivity contribution in [2.24, 2.45) is 0 Å². The summed E-state index contributed by atoms with van der Waals surface area (Å²) in [5, 5.41) is 0. The molecule has 0 unspecified atom stereocenters. The van der Waals surface area contributed by atoms with Gasteiger partial charge in [-0.1, -0.05) is 13.8 Å². The van der Waals surface area contributed by atoms with Gasteiger partial charge in [0.15, 0.2) is 0 Å². The molecule has 0 aromatic heterocycles. The summed E-state index contributed by atoms with van der Waals surface area (Å²) < 4.78 is 0. The van der Waals surface area contributed by atoms with E-state index in [1.54, 1.807) is 0 Å². The smallest absolute Gasteiger partial charge is 1.00 e. The van der Waals surface area contributed by atoms with Crippen LogP contribution in [0.4, 0.5) is 0 Å². The van der Waals surface area contributed by atoms with Crippen molar-refractivity contribution in [1.29, 1.82) is 0 Å². The van der Waals surface area contributed by atoms with Crippen LogP contribution in [0.3, 0.4) is 0 Å². The molecule has 1 aromatic rings. The van der Waals surface area contributed by atoms with Crippen molar-refractivity contribution in [3.63, 3.8) is 0 Å². The second-order valence-electron chi connectivity index (χ2n) is 2.89. The van der Waals surface area contributed by atoms with Crippen molar-refractivity contribution < 1.29 is 51.0 Å². The summed E-state index contributed by atoms with van der Waals surface area (Å²) in [5.74, 6) is 0. The molecule has 0 radical (unpaired) electrons. The summed E-state index contributed by atoms with van der Waals surface area (Å²) in [5.41, 5.74) is 2.78. The maximum atomic E-state index is 2.99. The number of allylic oxidation sites excluding steroid dienone is 4. The molecule has 0 atom stereocenters. The van der Waals surface area contributed by atoms with Crippen LogP contribution in [0, 0.1) is 19.9 Å². The monoisotopic (exact) mass is 318 g/mol. The Morgan fingerprint density at radius 1 is 1.33 bits per heavy atom. The molecule has 0 N–H and O–H groups in total. The molecule has 0 fully saturated rings. The van der Waals surface area contributed by atoms with E-state index in [2.05, 4.69) is 44.2 Å². The van der Waals surface area contributed by atoms with Crippen molar-refractivity contribution >= 4 is 0 Å². The normalized spacial score (nSPS) is 10.3. The summed E-state index contributed by atoms with van der Waals surface area (Å²) in [7, 11) is 0. The zero-order valence-corrected chi connectivity index (χ0v) is 12.9. The van der Waals surface area contributed by atoms with Gasteiger partial charge in [0.05, 0.1) is 0 Å². The van der Waals surface area contributed by atoms with E-state index in [0.29, 0.717) is 0 Å². The maximum absolute atomic E-state index is 2.99. The molecule has 0 saturated carbocycles. The average Bonchev–Trinajstić information content (AvgIpc) is 2.67. The second-order valence-corrected chi connectivity index (χ2v) is 2.89. The quantitative estimate of drug-likeness (QED) is 0.458. The van der Waals surface area contributed by atoms with Crippen LogP contribution in [0.2, 0.25) is 0 Å². The molecule has 0 nitrogen and oxygen atoms in total. The molecule has 15 heavy (non-hydrogen) atoms. The standard InChI is InChI=1S/C7H9.C5H5.2ClH.Zr/c1-6-4-3-5-7(6)2;1-2-4-5-3-1;;;/h3-5H,1-2H3;1-3H,4H2;2*1H;/q2*-1;;;+4/p-2. The van der Waals surface area contributed by atoms with E-state index in [4.69, 9.17) is 0 Å². The van der Waals surface area contributed by atoms with Gasteiger partial charge in [0, 0.05) is 0 Å². The minimum atomic E-state index is 0. The molecule has 0 bridgehead atoms. The van der Waals surface area contributed by atoms with E-state index in [-0.39, 0.29) is 51.0 Å². The van der Waals surface area contributed by atoms with Gasteiger partial charge in [-0.2, -0.15) is 23.3 Å². The molecular weight excluding hydrogens is 306 g/mol. The third kappa shape index (κ3) is 9.24. The van der Waals surface area contributed by atoms with Gasteiger partial charge < -0.3 is 24.8 Å². The van der Waals surface area contributed by atoms with E-state index in [1.165, 1.54) is 11.1 Å². The molecule has 0 amide bonds. The topological polar surface area (TPSA) is 0 Å². The van der Waals surface area contributed by atoms with Gasteiger partial charge >= 0.3 is 26.2 Å². The number of hydrogen-bond donors (Lipinski definition) is 0. The van der Waals surface area contributed by atoms with Crippen molar-refractivity contribution in [2.45, 2.75) is 20.3 Å². The van der Waals surface area contributed by atoms with Gasteiger partial charge in [-0.3, -0.25) is 6.08 Å². The summed E-state index contributed by atoms with van der Waals surface area (Å²) in [6.45, 7) is 4.24. The summed E-state index contributed by atoms with van der Waals surface area (Å²) in [4.78, 5) is 0. The van der Waals surface area contributed by atoms with Crippen molar-refractivity contribution in [3.8, 4) is 0 Å². The van der Waals surface area contributed by atoms with Gasteiger partial charge in [-0.15, -0.1) is 6.42 Å². The van der Waals surface area contributed by atoms with E-state index in [1.807, 2.05) is 12.2 Å². The molecule has 2 rings (SSSR count). The van der Waals surface area contributed by atoms with E-state index in [0.717, 1.165) is 6.42 Å². The fraction of sp³-hybridized carbons (Fsp3) is 0.250. The van der Waals surface area contributed by atoms with Gasteiger partial charge in [0.1, 0.15) is 0 Å². The Morgan fingerprint density at radius 3 is 2.13 bits per heavy atom. The van der Waals surface area contributed by atoms with Crippen molar-refractivity contribution in [1.82, 2.24) is 0 Å². The second kappa shape index (κ2) is 12.4. The Hall–Kier alpha value is 0.293. The Morgan fingerprint density at radius 2 is 2.00 bits per heavy atom. The minimum absolute atomic E-state index is 0. The molecule has 1 aromatic carbocycles. The molecule has 0 saturated heterocycles. The first-order valence-corrected chi connectivity index (χ1v) is 4.21. The molecule has 1 aliphatic rings. The number of hydrogen-bond acceptors (Lipinski definition) is 0. The molecule has 0 spiro atoms. The first-order valence-electron chi connectivity index (χ1n) is 4.21.